The normalized spacial score (nSPS) is 19.1. The van der Waals surface area contributed by atoms with Crippen LogP contribution in [-0.2, 0) is 0 Å². The number of rotatable bonds is 5. The number of para-hydroxylation sites is 2. The molecule has 0 spiro atoms. The average Bonchev–Trinajstić information content (AvgIpc) is 2.62. The number of ether oxygens (including phenoxy) is 1. The third-order valence-electron chi connectivity index (χ3n) is 4.56. The van der Waals surface area contributed by atoms with Crippen LogP contribution in [0.1, 0.15) is 31.4 Å². The molecule has 1 N–H and O–H groups in total. The highest BCUT2D eigenvalue weighted by atomic mass is 19.1. The van der Waals surface area contributed by atoms with Gasteiger partial charge in [0, 0.05) is 31.4 Å². The van der Waals surface area contributed by atoms with Gasteiger partial charge in [0.05, 0.1) is 19.0 Å². The number of hydrogen-bond acceptors (Lipinski definition) is 4. The molecule has 2 heterocycles. The van der Waals surface area contributed by atoms with Crippen molar-refractivity contribution in [3.8, 4) is 5.75 Å². The first-order chi connectivity index (χ1) is 11.7. The summed E-state index contributed by atoms with van der Waals surface area (Å²) in [7, 11) is 1.71. The fraction of sp³-hybridized carbons (Fsp3) is 0.421. The fourth-order valence-electron chi connectivity index (χ4n) is 3.34. The van der Waals surface area contributed by atoms with E-state index in [2.05, 4.69) is 28.2 Å². The fourth-order valence-corrected chi connectivity index (χ4v) is 3.34. The van der Waals surface area contributed by atoms with Crippen LogP contribution in [0.5, 0.6) is 5.75 Å². The van der Waals surface area contributed by atoms with Gasteiger partial charge in [-0.05, 0) is 43.5 Å². The number of nitrogens with one attached hydrogen (secondary N) is 1. The van der Waals surface area contributed by atoms with E-state index in [4.69, 9.17) is 4.74 Å². The molecule has 24 heavy (non-hydrogen) atoms. The van der Waals surface area contributed by atoms with E-state index in [9.17, 15) is 4.39 Å². The lowest BCUT2D eigenvalue weighted by Crippen LogP contribution is -2.46. The quantitative estimate of drug-likeness (QED) is 0.910. The van der Waals surface area contributed by atoms with Crippen LogP contribution in [0, 0.1) is 5.82 Å². The largest absolute Gasteiger partial charge is 0.495 e. The van der Waals surface area contributed by atoms with Gasteiger partial charge in [0.15, 0.2) is 0 Å². The van der Waals surface area contributed by atoms with E-state index < -0.39 is 0 Å². The maximum absolute atomic E-state index is 13.4. The molecule has 2 aromatic rings. The first-order valence-corrected chi connectivity index (χ1v) is 8.42. The summed E-state index contributed by atoms with van der Waals surface area (Å²) >= 11 is 0. The lowest BCUT2D eigenvalue weighted by atomic mass is 10.0. The molecule has 1 aliphatic rings. The number of piperidine rings is 1. The van der Waals surface area contributed by atoms with Crippen molar-refractivity contribution in [2.24, 2.45) is 0 Å². The molecule has 0 saturated carbocycles. The van der Waals surface area contributed by atoms with Gasteiger partial charge < -0.3 is 15.0 Å². The molecule has 4 nitrogen and oxygen atoms in total. The molecule has 1 aromatic heterocycles. The summed E-state index contributed by atoms with van der Waals surface area (Å²) in [5.41, 5.74) is 2.01. The number of pyridine rings is 1. The minimum absolute atomic E-state index is 0.0656. The summed E-state index contributed by atoms with van der Waals surface area (Å²) in [5.74, 6) is 0.612. The number of aromatic nitrogens is 1. The van der Waals surface area contributed by atoms with E-state index in [0.717, 1.165) is 42.9 Å². The van der Waals surface area contributed by atoms with Crippen molar-refractivity contribution in [2.45, 2.75) is 31.8 Å². The van der Waals surface area contributed by atoms with Crippen LogP contribution in [0.4, 0.5) is 10.1 Å². The highest BCUT2D eigenvalue weighted by molar-refractivity contribution is 5.58. The van der Waals surface area contributed by atoms with Crippen LogP contribution in [0.25, 0.3) is 0 Å². The smallest absolute Gasteiger partial charge is 0.142 e. The third-order valence-corrected chi connectivity index (χ3v) is 4.56. The van der Waals surface area contributed by atoms with Gasteiger partial charge in [-0.1, -0.05) is 12.1 Å². The first kappa shape index (κ1) is 16.7. The molecule has 0 amide bonds. The van der Waals surface area contributed by atoms with E-state index in [1.165, 1.54) is 6.20 Å². The minimum atomic E-state index is -0.291. The van der Waals surface area contributed by atoms with Gasteiger partial charge in [0.2, 0.25) is 0 Å². The zero-order valence-corrected chi connectivity index (χ0v) is 14.2. The monoisotopic (exact) mass is 329 g/mol. The van der Waals surface area contributed by atoms with Gasteiger partial charge in [-0.2, -0.15) is 0 Å². The van der Waals surface area contributed by atoms with Gasteiger partial charge in [0.25, 0.3) is 0 Å². The van der Waals surface area contributed by atoms with Crippen molar-refractivity contribution in [3.05, 3.63) is 54.1 Å². The molecule has 0 aliphatic carbocycles. The highest BCUT2D eigenvalue weighted by Crippen LogP contribution is 2.30. The van der Waals surface area contributed by atoms with Gasteiger partial charge in [-0.15, -0.1) is 0 Å². The second-order valence-electron chi connectivity index (χ2n) is 6.28. The Labute approximate surface area is 142 Å². The van der Waals surface area contributed by atoms with Crippen molar-refractivity contribution >= 4 is 5.69 Å². The number of anilines is 1. The topological polar surface area (TPSA) is 37.4 Å². The van der Waals surface area contributed by atoms with E-state index in [-0.39, 0.29) is 11.9 Å². The summed E-state index contributed by atoms with van der Waals surface area (Å²) < 4.78 is 18.8. The summed E-state index contributed by atoms with van der Waals surface area (Å²) in [6.45, 7) is 3.99. The molecule has 1 aromatic carbocycles. The van der Waals surface area contributed by atoms with Crippen LogP contribution < -0.4 is 15.0 Å². The molecule has 0 radical (unpaired) electrons. The summed E-state index contributed by atoms with van der Waals surface area (Å²) in [5, 5.41) is 3.61. The Balaban J connectivity index is 1.67. The summed E-state index contributed by atoms with van der Waals surface area (Å²) in [6.07, 6.45) is 5.18. The van der Waals surface area contributed by atoms with Gasteiger partial charge in [-0.25, -0.2) is 4.39 Å². The maximum Gasteiger partial charge on any atom is 0.142 e. The van der Waals surface area contributed by atoms with Gasteiger partial charge in [0.1, 0.15) is 11.6 Å². The standard InChI is InChI=1S/C19H24FN3O/c1-14(15-10-16(20)12-21-11-15)22-17-6-5-9-23(13-17)18-7-3-4-8-19(18)24-2/h3-4,7-8,10-12,14,17,22H,5-6,9,13H2,1-2H3/t14-,17+/m1/s1. The molecular weight excluding hydrogens is 305 g/mol. The van der Waals surface area contributed by atoms with E-state index >= 15 is 0 Å². The highest BCUT2D eigenvalue weighted by Gasteiger charge is 2.23. The maximum atomic E-state index is 13.4. The molecular formula is C19H24FN3O. The van der Waals surface area contributed by atoms with E-state index in [0.29, 0.717) is 6.04 Å². The van der Waals surface area contributed by atoms with Gasteiger partial charge in [-0.3, -0.25) is 4.98 Å². The van der Waals surface area contributed by atoms with Crippen LogP contribution in [0.15, 0.2) is 42.7 Å². The molecule has 0 bridgehead atoms. The minimum Gasteiger partial charge on any atom is -0.495 e. The van der Waals surface area contributed by atoms with Crippen molar-refractivity contribution in [1.82, 2.24) is 10.3 Å². The van der Waals surface area contributed by atoms with Crippen molar-refractivity contribution in [2.75, 3.05) is 25.1 Å². The molecule has 2 atom stereocenters. The Kier molecular flexibility index (Phi) is 5.30. The van der Waals surface area contributed by atoms with E-state index in [1.807, 2.05) is 18.2 Å². The number of benzene rings is 1. The second-order valence-corrected chi connectivity index (χ2v) is 6.28. The molecule has 1 aliphatic heterocycles. The van der Waals surface area contributed by atoms with Crippen LogP contribution in [0.3, 0.4) is 0 Å². The SMILES string of the molecule is COc1ccccc1N1CCC[C@H](N[C@H](C)c2cncc(F)c2)C1. The number of hydrogen-bond donors (Lipinski definition) is 1. The van der Waals surface area contributed by atoms with Crippen molar-refractivity contribution in [3.63, 3.8) is 0 Å². The van der Waals surface area contributed by atoms with Gasteiger partial charge >= 0.3 is 0 Å². The predicted molar refractivity (Wildman–Crippen MR) is 94.0 cm³/mol. The Morgan fingerprint density at radius 3 is 2.96 bits per heavy atom. The zero-order chi connectivity index (χ0) is 16.9. The molecule has 1 fully saturated rings. The Hall–Kier alpha value is -2.14. The number of methoxy groups -OCH3 is 1. The summed E-state index contributed by atoms with van der Waals surface area (Å²) in [6, 6.07) is 10.1. The zero-order valence-electron chi connectivity index (χ0n) is 14.2. The van der Waals surface area contributed by atoms with Crippen LogP contribution in [-0.4, -0.2) is 31.2 Å². The lowest BCUT2D eigenvalue weighted by molar-refractivity contribution is 0.380. The Bertz CT molecular complexity index is 679. The number of halogens is 1. The Morgan fingerprint density at radius 1 is 1.33 bits per heavy atom. The Morgan fingerprint density at radius 2 is 2.17 bits per heavy atom. The average molecular weight is 329 g/mol. The van der Waals surface area contributed by atoms with Crippen molar-refractivity contribution < 1.29 is 9.13 Å². The van der Waals surface area contributed by atoms with Crippen LogP contribution >= 0.6 is 0 Å². The lowest BCUT2D eigenvalue weighted by Gasteiger charge is -2.36. The molecule has 0 unspecified atom stereocenters. The first-order valence-electron chi connectivity index (χ1n) is 8.42. The molecule has 1 saturated heterocycles. The molecule has 128 valence electrons. The molecule has 3 rings (SSSR count). The van der Waals surface area contributed by atoms with E-state index in [1.54, 1.807) is 19.4 Å². The predicted octanol–water partition coefficient (Wildman–Crippen LogP) is 3.55. The summed E-state index contributed by atoms with van der Waals surface area (Å²) in [4.78, 5) is 6.30. The van der Waals surface area contributed by atoms with Crippen LogP contribution in [0.2, 0.25) is 0 Å². The second kappa shape index (κ2) is 7.62. The third kappa shape index (κ3) is 3.85. The number of nitrogens with zero attached hydrogens (tertiary/aromatic N) is 2. The molecule has 5 heteroatoms. The van der Waals surface area contributed by atoms with Crippen molar-refractivity contribution in [1.29, 1.82) is 0 Å².